The SMILES string of the molecule is Cc1cn(/C=C(/CO)COP(=O)(O)OC/C(=C\n2cc(C)c(=O)[nH]c2=O)CO)c(=O)[nH]c1=O. The van der Waals surface area contributed by atoms with Crippen molar-refractivity contribution in [2.24, 2.45) is 0 Å². The van der Waals surface area contributed by atoms with Gasteiger partial charge in [0.05, 0.1) is 26.4 Å². The van der Waals surface area contributed by atoms with Gasteiger partial charge in [-0.25, -0.2) is 14.2 Å². The molecule has 0 spiro atoms. The number of H-pyrrole nitrogens is 2. The van der Waals surface area contributed by atoms with Gasteiger partial charge >= 0.3 is 19.2 Å². The topological polar surface area (TPSA) is 206 Å². The summed E-state index contributed by atoms with van der Waals surface area (Å²) in [5, 5.41) is 18.9. The van der Waals surface area contributed by atoms with E-state index in [-0.39, 0.29) is 22.3 Å². The maximum absolute atomic E-state index is 12.2. The molecule has 5 N–H and O–H groups in total. The summed E-state index contributed by atoms with van der Waals surface area (Å²) in [6, 6.07) is 0. The van der Waals surface area contributed by atoms with Crippen LogP contribution in [0.1, 0.15) is 11.1 Å². The van der Waals surface area contributed by atoms with E-state index in [4.69, 9.17) is 9.05 Å². The number of rotatable bonds is 10. The van der Waals surface area contributed by atoms with Crippen molar-refractivity contribution in [3.63, 3.8) is 0 Å². The second-order valence-corrected chi connectivity index (χ2v) is 8.32. The number of aromatic amines is 2. The molecule has 15 heteroatoms. The van der Waals surface area contributed by atoms with Crippen molar-refractivity contribution in [2.45, 2.75) is 13.8 Å². The molecule has 0 aliphatic rings. The van der Waals surface area contributed by atoms with E-state index in [1.54, 1.807) is 0 Å². The molecule has 0 saturated heterocycles. The first kappa shape index (κ1) is 26.1. The Morgan fingerprint density at radius 2 is 1.24 bits per heavy atom. The van der Waals surface area contributed by atoms with Crippen LogP contribution < -0.4 is 22.5 Å². The Bertz CT molecular complexity index is 1250. The minimum atomic E-state index is -4.69. The average molecular weight is 486 g/mol. The van der Waals surface area contributed by atoms with Gasteiger partial charge in [-0.2, -0.15) is 0 Å². The molecule has 2 aromatic heterocycles. The standard InChI is InChI=1S/C18H23N4O10P/c1-11-3-21(17(27)19-15(11)25)5-13(7-23)9-31-33(29,30)32-10-14(8-24)6-22-4-12(2)16(26)20-18(22)28/h3-6,23-24H,7-10H2,1-2H3,(H,29,30)(H,19,25,27)(H,20,26,28)/b13-5-,14-6-. The number of aryl methyl sites for hydroxylation is 2. The van der Waals surface area contributed by atoms with Gasteiger partial charge < -0.3 is 15.1 Å². The van der Waals surface area contributed by atoms with Gasteiger partial charge in [0.15, 0.2) is 0 Å². The highest BCUT2D eigenvalue weighted by Crippen LogP contribution is 2.43. The number of aromatic nitrogens is 4. The first-order valence-corrected chi connectivity index (χ1v) is 10.8. The smallest absolute Gasteiger partial charge is 0.392 e. The van der Waals surface area contributed by atoms with Crippen LogP contribution in [0.2, 0.25) is 0 Å². The van der Waals surface area contributed by atoms with Crippen LogP contribution in [-0.2, 0) is 13.6 Å². The zero-order valence-electron chi connectivity index (χ0n) is 17.7. The number of aliphatic hydroxyl groups excluding tert-OH is 2. The number of phosphoric ester groups is 1. The number of nitrogens with zero attached hydrogens (tertiary/aromatic N) is 2. The molecule has 0 atom stereocenters. The molecule has 2 heterocycles. The van der Waals surface area contributed by atoms with Crippen molar-refractivity contribution in [3.8, 4) is 0 Å². The zero-order chi connectivity index (χ0) is 24.8. The molecule has 0 fully saturated rings. The summed E-state index contributed by atoms with van der Waals surface area (Å²) in [5.41, 5.74) is -2.26. The molecule has 0 aromatic carbocycles. The highest BCUT2D eigenvalue weighted by Gasteiger charge is 2.22. The van der Waals surface area contributed by atoms with Gasteiger partial charge in [0.25, 0.3) is 11.1 Å². The fraction of sp³-hybridized carbons (Fsp3) is 0.333. The molecule has 33 heavy (non-hydrogen) atoms. The summed E-state index contributed by atoms with van der Waals surface area (Å²) in [5.74, 6) is 0. The van der Waals surface area contributed by atoms with Crippen molar-refractivity contribution in [1.82, 2.24) is 19.1 Å². The van der Waals surface area contributed by atoms with E-state index in [9.17, 15) is 38.8 Å². The maximum Gasteiger partial charge on any atom is 0.472 e. The summed E-state index contributed by atoms with van der Waals surface area (Å²) >= 11 is 0. The van der Waals surface area contributed by atoms with Crippen LogP contribution in [0.4, 0.5) is 0 Å². The third-order valence-electron chi connectivity index (χ3n) is 4.17. The molecule has 0 saturated carbocycles. The molecule has 0 radical (unpaired) electrons. The van der Waals surface area contributed by atoms with Gasteiger partial charge in [0, 0.05) is 35.9 Å². The van der Waals surface area contributed by atoms with Gasteiger partial charge in [-0.05, 0) is 25.0 Å². The van der Waals surface area contributed by atoms with Crippen molar-refractivity contribution in [1.29, 1.82) is 0 Å². The fourth-order valence-corrected chi connectivity index (χ4v) is 3.10. The highest BCUT2D eigenvalue weighted by atomic mass is 31.2. The van der Waals surface area contributed by atoms with E-state index in [2.05, 4.69) is 9.97 Å². The van der Waals surface area contributed by atoms with Crippen LogP contribution in [0.15, 0.2) is 42.7 Å². The lowest BCUT2D eigenvalue weighted by atomic mass is 10.3. The lowest BCUT2D eigenvalue weighted by Gasteiger charge is -2.14. The Morgan fingerprint density at radius 1 is 0.879 bits per heavy atom. The molecule has 0 aliphatic carbocycles. The number of nitrogens with one attached hydrogen (secondary N) is 2. The predicted molar refractivity (Wildman–Crippen MR) is 117 cm³/mol. The van der Waals surface area contributed by atoms with Crippen LogP contribution in [-0.4, -0.2) is 60.6 Å². The van der Waals surface area contributed by atoms with Crippen LogP contribution >= 0.6 is 7.82 Å². The molecular weight excluding hydrogens is 463 g/mol. The van der Waals surface area contributed by atoms with Crippen molar-refractivity contribution in [3.05, 3.63) is 76.3 Å². The van der Waals surface area contributed by atoms with E-state index in [1.165, 1.54) is 26.2 Å². The monoisotopic (exact) mass is 486 g/mol. The normalized spacial score (nSPS) is 14.3. The quantitative estimate of drug-likeness (QED) is 0.246. The Kier molecular flexibility index (Phi) is 8.82. The predicted octanol–water partition coefficient (Wildman–Crippen LogP) is -1.50. The third kappa shape index (κ3) is 7.46. The Morgan fingerprint density at radius 3 is 1.58 bits per heavy atom. The van der Waals surface area contributed by atoms with Crippen molar-refractivity contribution >= 4 is 20.2 Å². The van der Waals surface area contributed by atoms with E-state index in [0.717, 1.165) is 21.5 Å². The number of hydrogen-bond donors (Lipinski definition) is 5. The number of aliphatic hydroxyl groups is 2. The van der Waals surface area contributed by atoms with Gasteiger partial charge in [-0.15, -0.1) is 0 Å². The minimum absolute atomic E-state index is 0.00890. The van der Waals surface area contributed by atoms with Crippen molar-refractivity contribution in [2.75, 3.05) is 26.4 Å². The fourth-order valence-electron chi connectivity index (χ4n) is 2.37. The molecule has 2 aromatic rings. The summed E-state index contributed by atoms with van der Waals surface area (Å²) in [6.07, 6.45) is 4.67. The van der Waals surface area contributed by atoms with E-state index in [1.807, 2.05) is 0 Å². The lowest BCUT2D eigenvalue weighted by molar-refractivity contribution is 0.160. The Balaban J connectivity index is 2.10. The second kappa shape index (κ2) is 11.1. The molecule has 14 nitrogen and oxygen atoms in total. The highest BCUT2D eigenvalue weighted by molar-refractivity contribution is 7.47. The number of hydrogen-bond acceptors (Lipinski definition) is 9. The lowest BCUT2D eigenvalue weighted by Crippen LogP contribution is -2.28. The molecule has 2 rings (SSSR count). The molecule has 0 aliphatic heterocycles. The molecule has 0 amide bonds. The number of phosphoric acid groups is 1. The summed E-state index contributed by atoms with van der Waals surface area (Å²) in [7, 11) is -4.69. The Labute approximate surface area is 185 Å². The van der Waals surface area contributed by atoms with Crippen LogP contribution in [0.3, 0.4) is 0 Å². The summed E-state index contributed by atoms with van der Waals surface area (Å²) in [6.45, 7) is 0.434. The summed E-state index contributed by atoms with van der Waals surface area (Å²) < 4.78 is 23.7. The maximum atomic E-state index is 12.2. The van der Waals surface area contributed by atoms with E-state index >= 15 is 0 Å². The molecule has 0 bridgehead atoms. The first-order chi connectivity index (χ1) is 15.5. The Hall–Kier alpha value is -3.13. The second-order valence-electron chi connectivity index (χ2n) is 6.86. The van der Waals surface area contributed by atoms with Gasteiger partial charge in [0.2, 0.25) is 0 Å². The molecule has 0 unspecified atom stereocenters. The zero-order valence-corrected chi connectivity index (χ0v) is 18.6. The van der Waals surface area contributed by atoms with E-state index < -0.39 is 56.7 Å². The minimum Gasteiger partial charge on any atom is -0.392 e. The third-order valence-corrected chi connectivity index (χ3v) is 5.08. The van der Waals surface area contributed by atoms with Crippen LogP contribution in [0, 0.1) is 13.8 Å². The summed E-state index contributed by atoms with van der Waals surface area (Å²) in [4.78, 5) is 60.4. The average Bonchev–Trinajstić information content (AvgIpc) is 2.75. The van der Waals surface area contributed by atoms with Crippen LogP contribution in [0.5, 0.6) is 0 Å². The van der Waals surface area contributed by atoms with E-state index in [0.29, 0.717) is 0 Å². The van der Waals surface area contributed by atoms with Crippen molar-refractivity contribution < 1.29 is 28.7 Å². The van der Waals surface area contributed by atoms with Gasteiger partial charge in [-0.3, -0.25) is 37.7 Å². The van der Waals surface area contributed by atoms with Gasteiger partial charge in [0.1, 0.15) is 0 Å². The molecule has 180 valence electrons. The molecular formula is C18H23N4O10P. The largest absolute Gasteiger partial charge is 0.472 e. The van der Waals surface area contributed by atoms with Gasteiger partial charge in [-0.1, -0.05) is 0 Å². The first-order valence-electron chi connectivity index (χ1n) is 9.32. The van der Waals surface area contributed by atoms with Crippen LogP contribution in [0.25, 0.3) is 12.4 Å².